The Hall–Kier alpha value is -2.53. The smallest absolute Gasteiger partial charge is 0.270 e. The molecule has 0 fully saturated rings. The molecule has 0 aliphatic rings. The Bertz CT molecular complexity index is 910. The van der Waals surface area contributed by atoms with Crippen LogP contribution in [0.5, 0.6) is 0 Å². The van der Waals surface area contributed by atoms with Crippen molar-refractivity contribution in [3.8, 4) is 17.1 Å². The summed E-state index contributed by atoms with van der Waals surface area (Å²) in [5, 5.41) is 8.19. The molecular formula is C20H23ClN4O. The van der Waals surface area contributed by atoms with Crippen molar-refractivity contribution in [1.29, 1.82) is 0 Å². The topological polar surface area (TPSA) is 51.9 Å². The van der Waals surface area contributed by atoms with Crippen molar-refractivity contribution in [2.45, 2.75) is 20.3 Å². The Morgan fingerprint density at radius 3 is 2.65 bits per heavy atom. The number of nitrogens with zero attached hydrogens (tertiary/aromatic N) is 3. The first kappa shape index (κ1) is 18.3. The molecule has 0 atom stereocenters. The Labute approximate surface area is 158 Å². The molecule has 2 heterocycles. The van der Waals surface area contributed by atoms with Gasteiger partial charge in [-0.25, -0.2) is 4.68 Å². The van der Waals surface area contributed by atoms with E-state index in [0.717, 1.165) is 17.8 Å². The van der Waals surface area contributed by atoms with Gasteiger partial charge in [-0.1, -0.05) is 37.6 Å². The van der Waals surface area contributed by atoms with E-state index in [2.05, 4.69) is 24.3 Å². The Morgan fingerprint density at radius 2 is 2.00 bits per heavy atom. The lowest BCUT2D eigenvalue weighted by Crippen LogP contribution is -2.27. The summed E-state index contributed by atoms with van der Waals surface area (Å²) in [4.78, 5) is 12.8. The molecule has 26 heavy (non-hydrogen) atoms. The lowest BCUT2D eigenvalue weighted by Gasteiger charge is -2.10. The molecule has 0 bridgehead atoms. The average Bonchev–Trinajstić information content (AvgIpc) is 3.21. The minimum atomic E-state index is -0.154. The standard InChI is InChI=1S/C20H23ClN4O/c1-14(2)10-11-22-20(26)19-13-16(18-9-6-12-24(18)3)23-25(19)17-8-5-4-7-15(17)21/h4-9,12-14H,10-11H2,1-3H3,(H,22,26). The van der Waals surface area contributed by atoms with E-state index in [9.17, 15) is 4.79 Å². The van der Waals surface area contributed by atoms with Crippen LogP contribution in [0, 0.1) is 5.92 Å². The highest BCUT2D eigenvalue weighted by Gasteiger charge is 2.19. The maximum atomic E-state index is 12.8. The number of hydrogen-bond donors (Lipinski definition) is 1. The van der Waals surface area contributed by atoms with Gasteiger partial charge < -0.3 is 9.88 Å². The molecular weight excluding hydrogens is 348 g/mol. The fourth-order valence-electron chi connectivity index (χ4n) is 2.77. The molecule has 0 radical (unpaired) electrons. The van der Waals surface area contributed by atoms with Gasteiger partial charge >= 0.3 is 0 Å². The van der Waals surface area contributed by atoms with Crippen LogP contribution < -0.4 is 5.32 Å². The molecule has 1 N–H and O–H groups in total. The van der Waals surface area contributed by atoms with E-state index < -0.39 is 0 Å². The first-order chi connectivity index (χ1) is 12.5. The molecule has 2 aromatic heterocycles. The number of nitrogens with one attached hydrogen (secondary N) is 1. The summed E-state index contributed by atoms with van der Waals surface area (Å²) in [7, 11) is 1.95. The van der Waals surface area contributed by atoms with Crippen molar-refractivity contribution in [3.05, 3.63) is 59.4 Å². The fraction of sp³-hybridized carbons (Fsp3) is 0.300. The first-order valence-electron chi connectivity index (χ1n) is 8.72. The lowest BCUT2D eigenvalue weighted by atomic mass is 10.1. The van der Waals surface area contributed by atoms with Gasteiger partial charge in [0.05, 0.1) is 16.4 Å². The molecule has 0 saturated heterocycles. The van der Waals surface area contributed by atoms with Gasteiger partial charge in [0.2, 0.25) is 0 Å². The van der Waals surface area contributed by atoms with Crippen LogP contribution in [0.2, 0.25) is 5.02 Å². The van der Waals surface area contributed by atoms with E-state index in [1.807, 2.05) is 54.2 Å². The van der Waals surface area contributed by atoms with Gasteiger partial charge in [-0.05, 0) is 42.7 Å². The first-order valence-corrected chi connectivity index (χ1v) is 9.10. The second kappa shape index (κ2) is 7.79. The van der Waals surface area contributed by atoms with Gasteiger partial charge in [0, 0.05) is 19.8 Å². The summed E-state index contributed by atoms with van der Waals surface area (Å²) in [5.74, 6) is 0.376. The highest BCUT2D eigenvalue weighted by Crippen LogP contribution is 2.25. The molecule has 0 saturated carbocycles. The predicted octanol–water partition coefficient (Wildman–Crippen LogP) is 4.31. The van der Waals surface area contributed by atoms with E-state index in [0.29, 0.717) is 28.9 Å². The second-order valence-corrected chi connectivity index (χ2v) is 7.13. The molecule has 6 heteroatoms. The van der Waals surface area contributed by atoms with Crippen LogP contribution in [0.25, 0.3) is 17.1 Å². The number of carbonyl (C=O) groups excluding carboxylic acids is 1. The summed E-state index contributed by atoms with van der Waals surface area (Å²) in [6, 6.07) is 13.1. The van der Waals surface area contributed by atoms with Crippen LogP contribution in [0.15, 0.2) is 48.7 Å². The second-order valence-electron chi connectivity index (χ2n) is 6.72. The maximum Gasteiger partial charge on any atom is 0.270 e. The summed E-state index contributed by atoms with van der Waals surface area (Å²) in [6.45, 7) is 4.89. The van der Waals surface area contributed by atoms with Crippen LogP contribution >= 0.6 is 11.6 Å². The molecule has 1 amide bonds. The molecule has 1 aromatic carbocycles. The Balaban J connectivity index is 2.01. The Kier molecular flexibility index (Phi) is 5.47. The van der Waals surface area contributed by atoms with Gasteiger partial charge in [-0.3, -0.25) is 4.79 Å². The van der Waals surface area contributed by atoms with Crippen LogP contribution in [-0.4, -0.2) is 26.8 Å². The summed E-state index contributed by atoms with van der Waals surface area (Å²) >= 11 is 6.35. The van der Waals surface area contributed by atoms with Crippen molar-refractivity contribution in [2.75, 3.05) is 6.54 Å². The summed E-state index contributed by atoms with van der Waals surface area (Å²) in [6.07, 6.45) is 2.88. The average molecular weight is 371 g/mol. The number of halogens is 1. The minimum Gasteiger partial charge on any atom is -0.351 e. The number of amides is 1. The van der Waals surface area contributed by atoms with E-state index in [1.54, 1.807) is 10.7 Å². The summed E-state index contributed by atoms with van der Waals surface area (Å²) < 4.78 is 3.59. The summed E-state index contributed by atoms with van der Waals surface area (Å²) in [5.41, 5.74) is 2.82. The monoisotopic (exact) mass is 370 g/mol. The van der Waals surface area contributed by atoms with E-state index in [1.165, 1.54) is 0 Å². The quantitative estimate of drug-likeness (QED) is 0.703. The van der Waals surface area contributed by atoms with Gasteiger partial charge in [-0.2, -0.15) is 5.10 Å². The maximum absolute atomic E-state index is 12.8. The lowest BCUT2D eigenvalue weighted by molar-refractivity contribution is 0.0944. The fourth-order valence-corrected chi connectivity index (χ4v) is 2.98. The highest BCUT2D eigenvalue weighted by atomic mass is 35.5. The van der Waals surface area contributed by atoms with Crippen molar-refractivity contribution in [2.24, 2.45) is 13.0 Å². The zero-order valence-corrected chi connectivity index (χ0v) is 16.0. The van der Waals surface area contributed by atoms with E-state index >= 15 is 0 Å². The van der Waals surface area contributed by atoms with Gasteiger partial charge in [0.25, 0.3) is 5.91 Å². The largest absolute Gasteiger partial charge is 0.351 e. The third-order valence-electron chi connectivity index (χ3n) is 4.24. The number of carbonyl (C=O) groups is 1. The molecule has 0 spiro atoms. The van der Waals surface area contributed by atoms with Crippen molar-refractivity contribution in [1.82, 2.24) is 19.7 Å². The number of aryl methyl sites for hydroxylation is 1. The SMILES string of the molecule is CC(C)CCNC(=O)c1cc(-c2cccn2C)nn1-c1ccccc1Cl. The van der Waals surface area contributed by atoms with Crippen molar-refractivity contribution < 1.29 is 4.79 Å². The minimum absolute atomic E-state index is 0.154. The molecule has 3 rings (SSSR count). The third kappa shape index (κ3) is 3.83. The normalized spacial score (nSPS) is 11.1. The number of hydrogen-bond acceptors (Lipinski definition) is 2. The molecule has 136 valence electrons. The van der Waals surface area contributed by atoms with Crippen molar-refractivity contribution in [3.63, 3.8) is 0 Å². The molecule has 5 nitrogen and oxygen atoms in total. The third-order valence-corrected chi connectivity index (χ3v) is 4.56. The van der Waals surface area contributed by atoms with Crippen molar-refractivity contribution >= 4 is 17.5 Å². The number of para-hydroxylation sites is 1. The van der Waals surface area contributed by atoms with E-state index in [-0.39, 0.29) is 5.91 Å². The zero-order valence-electron chi connectivity index (χ0n) is 15.2. The van der Waals surface area contributed by atoms with Gasteiger partial charge in [0.1, 0.15) is 11.4 Å². The van der Waals surface area contributed by atoms with Crippen LogP contribution in [-0.2, 0) is 7.05 Å². The molecule has 3 aromatic rings. The molecule has 0 aliphatic carbocycles. The highest BCUT2D eigenvalue weighted by molar-refractivity contribution is 6.32. The molecule has 0 aliphatic heterocycles. The zero-order chi connectivity index (χ0) is 18.7. The van der Waals surface area contributed by atoms with Crippen LogP contribution in [0.4, 0.5) is 0 Å². The van der Waals surface area contributed by atoms with Gasteiger partial charge in [0.15, 0.2) is 0 Å². The van der Waals surface area contributed by atoms with Crippen LogP contribution in [0.3, 0.4) is 0 Å². The predicted molar refractivity (Wildman–Crippen MR) is 105 cm³/mol. The number of rotatable bonds is 6. The van der Waals surface area contributed by atoms with E-state index in [4.69, 9.17) is 11.6 Å². The van der Waals surface area contributed by atoms with Crippen LogP contribution in [0.1, 0.15) is 30.8 Å². The number of benzene rings is 1. The number of aromatic nitrogens is 3. The Morgan fingerprint density at radius 1 is 1.23 bits per heavy atom. The molecule has 0 unspecified atom stereocenters. The van der Waals surface area contributed by atoms with Gasteiger partial charge in [-0.15, -0.1) is 0 Å².